The van der Waals surface area contributed by atoms with E-state index in [-0.39, 0.29) is 10.0 Å². The Morgan fingerprint density at radius 3 is 2.65 bits per heavy atom. The molecule has 0 bridgehead atoms. The minimum atomic E-state index is -0.656. The molecule has 0 saturated carbocycles. The fraction of sp³-hybridized carbons (Fsp3) is 0. The summed E-state index contributed by atoms with van der Waals surface area (Å²) >= 11 is 6.72. The van der Waals surface area contributed by atoms with Crippen molar-refractivity contribution in [1.82, 2.24) is 4.98 Å². The Morgan fingerprint density at radius 2 is 1.94 bits per heavy atom. The molecular weight excluding hydrogens is 266 g/mol. The molecule has 2 aromatic rings. The highest BCUT2D eigenvalue weighted by atomic mass is 35.5. The third-order valence-corrected chi connectivity index (χ3v) is 3.24. The number of anilines is 1. The number of halogens is 3. The molecule has 88 valence electrons. The standard InChI is InChI=1S/C11H7ClF2N2S/c12-10-4-2-8(15)11(16-10)17-9-3-1-6(13)5-7(9)14/h1-5H,15H2. The van der Waals surface area contributed by atoms with E-state index in [1.165, 1.54) is 12.1 Å². The fourth-order valence-corrected chi connectivity index (χ4v) is 2.20. The van der Waals surface area contributed by atoms with Crippen molar-refractivity contribution < 1.29 is 8.78 Å². The first-order valence-electron chi connectivity index (χ1n) is 4.61. The molecule has 2 N–H and O–H groups in total. The molecule has 1 aromatic carbocycles. The number of nitrogens with zero attached hydrogens (tertiary/aromatic N) is 1. The summed E-state index contributed by atoms with van der Waals surface area (Å²) in [5.41, 5.74) is 6.07. The van der Waals surface area contributed by atoms with E-state index in [2.05, 4.69) is 4.98 Å². The van der Waals surface area contributed by atoms with Crippen LogP contribution in [0.5, 0.6) is 0 Å². The Labute approximate surface area is 106 Å². The molecule has 0 unspecified atom stereocenters. The summed E-state index contributed by atoms with van der Waals surface area (Å²) in [5.74, 6) is -1.28. The van der Waals surface area contributed by atoms with E-state index < -0.39 is 11.6 Å². The monoisotopic (exact) mass is 272 g/mol. The summed E-state index contributed by atoms with van der Waals surface area (Å²) in [6, 6.07) is 6.44. The van der Waals surface area contributed by atoms with Gasteiger partial charge in [-0.1, -0.05) is 23.4 Å². The average Bonchev–Trinajstić information content (AvgIpc) is 2.27. The predicted octanol–water partition coefficient (Wildman–Crippen LogP) is 3.75. The fourth-order valence-electron chi connectivity index (χ4n) is 1.17. The maximum Gasteiger partial charge on any atom is 0.140 e. The molecule has 0 aliphatic carbocycles. The number of nitrogen functional groups attached to an aromatic ring is 1. The Hall–Kier alpha value is -1.33. The molecule has 0 radical (unpaired) electrons. The van der Waals surface area contributed by atoms with Gasteiger partial charge in [-0.05, 0) is 24.3 Å². The van der Waals surface area contributed by atoms with Gasteiger partial charge in [0.25, 0.3) is 0 Å². The highest BCUT2D eigenvalue weighted by Gasteiger charge is 2.09. The Balaban J connectivity index is 2.34. The lowest BCUT2D eigenvalue weighted by molar-refractivity contribution is 0.565. The molecule has 0 saturated heterocycles. The quantitative estimate of drug-likeness (QED) is 0.847. The molecule has 2 rings (SSSR count). The van der Waals surface area contributed by atoms with Crippen molar-refractivity contribution in [2.24, 2.45) is 0 Å². The van der Waals surface area contributed by atoms with E-state index >= 15 is 0 Å². The maximum atomic E-state index is 13.4. The summed E-state index contributed by atoms with van der Waals surface area (Å²) in [6.45, 7) is 0. The van der Waals surface area contributed by atoms with Crippen molar-refractivity contribution >= 4 is 29.1 Å². The number of benzene rings is 1. The topological polar surface area (TPSA) is 38.9 Å². The smallest absolute Gasteiger partial charge is 0.140 e. The SMILES string of the molecule is Nc1ccc(Cl)nc1Sc1ccc(F)cc1F. The molecule has 17 heavy (non-hydrogen) atoms. The minimum absolute atomic E-state index is 0.243. The van der Waals surface area contributed by atoms with Gasteiger partial charge in [-0.3, -0.25) is 0 Å². The number of nitrogens with two attached hydrogens (primary N) is 1. The molecule has 0 atom stereocenters. The van der Waals surface area contributed by atoms with Crippen LogP contribution in [0.25, 0.3) is 0 Å². The van der Waals surface area contributed by atoms with E-state index in [0.717, 1.165) is 17.8 Å². The van der Waals surface area contributed by atoms with Crippen LogP contribution in [0.4, 0.5) is 14.5 Å². The van der Waals surface area contributed by atoms with E-state index in [0.29, 0.717) is 10.7 Å². The summed E-state index contributed by atoms with van der Waals surface area (Å²) in [7, 11) is 0. The zero-order valence-electron chi connectivity index (χ0n) is 8.45. The van der Waals surface area contributed by atoms with Crippen molar-refractivity contribution in [3.05, 3.63) is 47.1 Å². The van der Waals surface area contributed by atoms with Crippen molar-refractivity contribution in [3.63, 3.8) is 0 Å². The Bertz CT molecular complexity index is 563. The molecule has 0 aliphatic heterocycles. The van der Waals surface area contributed by atoms with Gasteiger partial charge in [-0.15, -0.1) is 0 Å². The van der Waals surface area contributed by atoms with E-state index in [4.69, 9.17) is 17.3 Å². The third kappa shape index (κ3) is 2.87. The lowest BCUT2D eigenvalue weighted by atomic mass is 10.3. The average molecular weight is 273 g/mol. The molecule has 2 nitrogen and oxygen atoms in total. The number of hydrogen-bond acceptors (Lipinski definition) is 3. The van der Waals surface area contributed by atoms with Gasteiger partial charge in [0.05, 0.1) is 5.69 Å². The largest absolute Gasteiger partial charge is 0.397 e. The van der Waals surface area contributed by atoms with E-state index in [1.807, 2.05) is 0 Å². The summed E-state index contributed by atoms with van der Waals surface area (Å²) < 4.78 is 26.1. The third-order valence-electron chi connectivity index (χ3n) is 1.96. The molecule has 0 amide bonds. The lowest BCUT2D eigenvalue weighted by Gasteiger charge is -2.05. The van der Waals surface area contributed by atoms with Gasteiger partial charge in [-0.25, -0.2) is 13.8 Å². The zero-order valence-corrected chi connectivity index (χ0v) is 10.0. The van der Waals surface area contributed by atoms with E-state index in [9.17, 15) is 8.78 Å². The van der Waals surface area contributed by atoms with Crippen LogP contribution in [0.1, 0.15) is 0 Å². The summed E-state index contributed by atoms with van der Waals surface area (Å²) in [6.07, 6.45) is 0. The number of aromatic nitrogens is 1. The Kier molecular flexibility index (Phi) is 3.49. The molecule has 6 heteroatoms. The van der Waals surface area contributed by atoms with Gasteiger partial charge in [0.1, 0.15) is 21.8 Å². The molecule has 1 heterocycles. The number of hydrogen-bond donors (Lipinski definition) is 1. The normalized spacial score (nSPS) is 10.5. The van der Waals surface area contributed by atoms with Gasteiger partial charge in [-0.2, -0.15) is 0 Å². The van der Waals surface area contributed by atoms with Crippen molar-refractivity contribution in [2.45, 2.75) is 9.92 Å². The summed E-state index contributed by atoms with van der Waals surface area (Å²) in [5, 5.41) is 0.659. The highest BCUT2D eigenvalue weighted by Crippen LogP contribution is 2.33. The van der Waals surface area contributed by atoms with Crippen LogP contribution in [0.3, 0.4) is 0 Å². The highest BCUT2D eigenvalue weighted by molar-refractivity contribution is 7.99. The first-order valence-corrected chi connectivity index (χ1v) is 5.80. The molecule has 0 spiro atoms. The van der Waals surface area contributed by atoms with Crippen molar-refractivity contribution in [2.75, 3.05) is 5.73 Å². The molecular formula is C11H7ClF2N2S. The molecule has 1 aromatic heterocycles. The number of pyridine rings is 1. The maximum absolute atomic E-state index is 13.4. The van der Waals surface area contributed by atoms with Crippen LogP contribution in [-0.4, -0.2) is 4.98 Å². The van der Waals surface area contributed by atoms with Crippen molar-refractivity contribution in [1.29, 1.82) is 0 Å². The first-order chi connectivity index (χ1) is 8.06. The zero-order chi connectivity index (χ0) is 12.4. The second-order valence-corrected chi connectivity index (χ2v) is 4.62. The second kappa shape index (κ2) is 4.89. The van der Waals surface area contributed by atoms with Crippen LogP contribution in [0.15, 0.2) is 40.3 Å². The van der Waals surface area contributed by atoms with Crippen molar-refractivity contribution in [3.8, 4) is 0 Å². The minimum Gasteiger partial charge on any atom is -0.397 e. The Morgan fingerprint density at radius 1 is 1.18 bits per heavy atom. The summed E-state index contributed by atoms with van der Waals surface area (Å²) in [4.78, 5) is 4.22. The van der Waals surface area contributed by atoms with Crippen LogP contribution in [0, 0.1) is 11.6 Å². The molecule has 0 aliphatic rings. The van der Waals surface area contributed by atoms with Crippen LogP contribution in [-0.2, 0) is 0 Å². The predicted molar refractivity (Wildman–Crippen MR) is 64.1 cm³/mol. The molecule has 0 fully saturated rings. The van der Waals surface area contributed by atoms with Gasteiger partial charge in [0.15, 0.2) is 0 Å². The first kappa shape index (κ1) is 12.1. The van der Waals surface area contributed by atoms with Crippen LogP contribution < -0.4 is 5.73 Å². The van der Waals surface area contributed by atoms with E-state index in [1.54, 1.807) is 12.1 Å². The van der Waals surface area contributed by atoms with Gasteiger partial charge >= 0.3 is 0 Å². The second-order valence-electron chi connectivity index (χ2n) is 3.21. The lowest BCUT2D eigenvalue weighted by Crippen LogP contribution is -1.92. The van der Waals surface area contributed by atoms with Crippen LogP contribution in [0.2, 0.25) is 5.15 Å². The van der Waals surface area contributed by atoms with Crippen LogP contribution >= 0.6 is 23.4 Å². The number of rotatable bonds is 2. The van der Waals surface area contributed by atoms with Gasteiger partial charge in [0.2, 0.25) is 0 Å². The van der Waals surface area contributed by atoms with Gasteiger partial charge < -0.3 is 5.73 Å². The van der Waals surface area contributed by atoms with Gasteiger partial charge in [0, 0.05) is 11.0 Å².